The summed E-state index contributed by atoms with van der Waals surface area (Å²) < 4.78 is 16.1. The predicted octanol–water partition coefficient (Wildman–Crippen LogP) is 2.96. The highest BCUT2D eigenvalue weighted by Gasteiger charge is 2.25. The Morgan fingerprint density at radius 2 is 1.83 bits per heavy atom. The first-order chi connectivity index (χ1) is 11.7. The number of fused-ring (bicyclic) bond motifs is 1. The second-order valence-corrected chi connectivity index (χ2v) is 5.31. The average Bonchev–Trinajstić information content (AvgIpc) is 2.62. The zero-order valence-corrected chi connectivity index (χ0v) is 13.9. The quantitative estimate of drug-likeness (QED) is 0.883. The van der Waals surface area contributed by atoms with Crippen molar-refractivity contribution >= 4 is 11.6 Å². The Hall–Kier alpha value is -2.89. The maximum absolute atomic E-state index is 12.4. The van der Waals surface area contributed by atoms with Crippen LogP contribution in [0.2, 0.25) is 0 Å². The first-order valence-corrected chi connectivity index (χ1v) is 7.72. The molecule has 2 aromatic carbocycles. The summed E-state index contributed by atoms with van der Waals surface area (Å²) in [5.74, 6) is 1.80. The molecule has 0 saturated carbocycles. The van der Waals surface area contributed by atoms with Gasteiger partial charge >= 0.3 is 0 Å². The van der Waals surface area contributed by atoms with E-state index in [1.54, 1.807) is 20.3 Å². The first-order valence-electron chi connectivity index (χ1n) is 7.72. The first kappa shape index (κ1) is 16.0. The van der Waals surface area contributed by atoms with Crippen molar-refractivity contribution in [2.45, 2.75) is 13.1 Å². The number of anilines is 1. The molecule has 1 aliphatic heterocycles. The topological polar surface area (TPSA) is 68.8 Å². The van der Waals surface area contributed by atoms with Crippen LogP contribution in [-0.2, 0) is 0 Å². The summed E-state index contributed by atoms with van der Waals surface area (Å²) in [6, 6.07) is 11.0. The summed E-state index contributed by atoms with van der Waals surface area (Å²) in [7, 11) is 3.17. The van der Waals surface area contributed by atoms with Crippen LogP contribution in [0.3, 0.4) is 0 Å². The van der Waals surface area contributed by atoms with Crippen LogP contribution in [-0.4, -0.2) is 26.7 Å². The van der Waals surface area contributed by atoms with Crippen LogP contribution in [0.1, 0.15) is 29.0 Å². The van der Waals surface area contributed by atoms with Crippen molar-refractivity contribution in [3.8, 4) is 17.2 Å². The van der Waals surface area contributed by atoms with Crippen molar-refractivity contribution in [1.82, 2.24) is 5.32 Å². The van der Waals surface area contributed by atoms with Crippen molar-refractivity contribution < 1.29 is 19.0 Å². The molecular formula is C18H20N2O4. The van der Waals surface area contributed by atoms with Crippen LogP contribution >= 0.6 is 0 Å². The van der Waals surface area contributed by atoms with Crippen LogP contribution < -0.4 is 24.8 Å². The van der Waals surface area contributed by atoms with Gasteiger partial charge in [0.2, 0.25) is 0 Å². The van der Waals surface area contributed by atoms with E-state index in [4.69, 9.17) is 14.2 Å². The van der Waals surface area contributed by atoms with Crippen molar-refractivity contribution in [2.75, 3.05) is 26.1 Å². The molecule has 0 bridgehead atoms. The molecule has 0 aromatic heterocycles. The number of benzene rings is 2. The number of ether oxygens (including phenoxy) is 3. The third-order valence-corrected chi connectivity index (χ3v) is 3.87. The summed E-state index contributed by atoms with van der Waals surface area (Å²) in [6.45, 7) is 2.48. The maximum Gasteiger partial charge on any atom is 0.255 e. The van der Waals surface area contributed by atoms with Crippen LogP contribution in [0, 0.1) is 0 Å². The maximum atomic E-state index is 12.4. The van der Waals surface area contributed by atoms with Gasteiger partial charge in [0.05, 0.1) is 26.4 Å². The lowest BCUT2D eigenvalue weighted by molar-refractivity contribution is 0.0935. The Kier molecular flexibility index (Phi) is 4.46. The molecule has 0 spiro atoms. The summed E-state index contributed by atoms with van der Waals surface area (Å²) in [5.41, 5.74) is 2.20. The van der Waals surface area contributed by atoms with E-state index in [2.05, 4.69) is 10.6 Å². The fourth-order valence-corrected chi connectivity index (χ4v) is 2.67. The Balaban J connectivity index is 1.90. The van der Waals surface area contributed by atoms with E-state index in [0.717, 1.165) is 11.3 Å². The number of nitrogens with one attached hydrogen (secondary N) is 2. The molecular weight excluding hydrogens is 308 g/mol. The molecule has 126 valence electrons. The van der Waals surface area contributed by atoms with E-state index in [1.165, 1.54) is 0 Å². The predicted molar refractivity (Wildman–Crippen MR) is 91.0 cm³/mol. The molecule has 2 aromatic rings. The van der Waals surface area contributed by atoms with Gasteiger partial charge in [-0.25, -0.2) is 0 Å². The van der Waals surface area contributed by atoms with Crippen LogP contribution in [0.25, 0.3) is 0 Å². The number of hydrogen-bond acceptors (Lipinski definition) is 5. The summed E-state index contributed by atoms with van der Waals surface area (Å²) in [4.78, 5) is 12.4. The second kappa shape index (κ2) is 6.70. The molecule has 1 amide bonds. The van der Waals surface area contributed by atoms with Gasteiger partial charge in [0, 0.05) is 5.69 Å². The van der Waals surface area contributed by atoms with Gasteiger partial charge in [-0.15, -0.1) is 0 Å². The Labute approximate surface area is 140 Å². The Morgan fingerprint density at radius 1 is 1.00 bits per heavy atom. The molecule has 1 unspecified atom stereocenters. The van der Waals surface area contributed by atoms with E-state index in [1.807, 2.05) is 37.3 Å². The van der Waals surface area contributed by atoms with Gasteiger partial charge < -0.3 is 24.8 Å². The molecule has 1 atom stereocenters. The Morgan fingerprint density at radius 3 is 2.54 bits per heavy atom. The van der Waals surface area contributed by atoms with Gasteiger partial charge in [0.1, 0.15) is 11.9 Å². The number of carbonyl (C=O) groups is 1. The lowest BCUT2D eigenvalue weighted by Crippen LogP contribution is -2.38. The molecule has 0 aliphatic carbocycles. The Bertz CT molecular complexity index is 761. The SMILES string of the molecule is CCOc1ccc(C2NC(=O)c3cc(OC)ccc3N2)cc1OC. The second-order valence-electron chi connectivity index (χ2n) is 5.31. The molecule has 3 rings (SSSR count). The van der Waals surface area contributed by atoms with E-state index in [-0.39, 0.29) is 12.1 Å². The summed E-state index contributed by atoms with van der Waals surface area (Å²) >= 11 is 0. The third kappa shape index (κ3) is 2.95. The fraction of sp³-hybridized carbons (Fsp3) is 0.278. The van der Waals surface area contributed by atoms with Gasteiger partial charge in [0.15, 0.2) is 11.5 Å². The number of rotatable bonds is 5. The molecule has 24 heavy (non-hydrogen) atoms. The molecule has 0 radical (unpaired) electrons. The van der Waals surface area contributed by atoms with Crippen LogP contribution in [0.5, 0.6) is 17.2 Å². The standard InChI is InChI=1S/C18H20N2O4/c1-4-24-15-8-5-11(9-16(15)23-3)17-19-14-7-6-12(22-2)10-13(14)18(21)20-17/h5-10,17,19H,4H2,1-3H3,(H,20,21). The van der Waals surface area contributed by atoms with Crippen LogP contribution in [0.15, 0.2) is 36.4 Å². The van der Waals surface area contributed by atoms with E-state index >= 15 is 0 Å². The minimum atomic E-state index is -0.344. The fourth-order valence-electron chi connectivity index (χ4n) is 2.67. The van der Waals surface area contributed by atoms with Crippen molar-refractivity contribution in [3.05, 3.63) is 47.5 Å². The van der Waals surface area contributed by atoms with Crippen LogP contribution in [0.4, 0.5) is 5.69 Å². The lowest BCUT2D eigenvalue weighted by atomic mass is 10.0. The minimum absolute atomic E-state index is 0.152. The van der Waals surface area contributed by atoms with Gasteiger partial charge in [0.25, 0.3) is 5.91 Å². The molecule has 1 heterocycles. The summed E-state index contributed by atoms with van der Waals surface area (Å²) in [6.07, 6.45) is -0.344. The molecule has 0 fully saturated rings. The monoisotopic (exact) mass is 328 g/mol. The van der Waals surface area contributed by atoms with E-state index < -0.39 is 0 Å². The number of hydrogen-bond donors (Lipinski definition) is 2. The lowest BCUT2D eigenvalue weighted by Gasteiger charge is -2.28. The highest BCUT2D eigenvalue weighted by Crippen LogP contribution is 2.33. The van der Waals surface area contributed by atoms with Crippen molar-refractivity contribution in [2.24, 2.45) is 0 Å². The third-order valence-electron chi connectivity index (χ3n) is 3.87. The van der Waals surface area contributed by atoms with Gasteiger partial charge in [-0.2, -0.15) is 0 Å². The van der Waals surface area contributed by atoms with E-state index in [0.29, 0.717) is 29.4 Å². The zero-order chi connectivity index (χ0) is 17.1. The average molecular weight is 328 g/mol. The number of carbonyl (C=O) groups excluding carboxylic acids is 1. The number of amides is 1. The van der Waals surface area contributed by atoms with Gasteiger partial charge in [-0.1, -0.05) is 6.07 Å². The molecule has 6 nitrogen and oxygen atoms in total. The normalized spacial score (nSPS) is 15.8. The molecule has 0 saturated heterocycles. The minimum Gasteiger partial charge on any atom is -0.497 e. The zero-order valence-electron chi connectivity index (χ0n) is 13.9. The van der Waals surface area contributed by atoms with Gasteiger partial charge in [-0.05, 0) is 42.8 Å². The van der Waals surface area contributed by atoms with Gasteiger partial charge in [-0.3, -0.25) is 4.79 Å². The molecule has 6 heteroatoms. The smallest absolute Gasteiger partial charge is 0.255 e. The van der Waals surface area contributed by atoms with Crippen molar-refractivity contribution in [1.29, 1.82) is 0 Å². The molecule has 2 N–H and O–H groups in total. The largest absolute Gasteiger partial charge is 0.497 e. The van der Waals surface area contributed by atoms with E-state index in [9.17, 15) is 4.79 Å². The molecule has 1 aliphatic rings. The number of methoxy groups -OCH3 is 2. The highest BCUT2D eigenvalue weighted by atomic mass is 16.5. The van der Waals surface area contributed by atoms with Crippen molar-refractivity contribution in [3.63, 3.8) is 0 Å². The highest BCUT2D eigenvalue weighted by molar-refractivity contribution is 6.02. The summed E-state index contributed by atoms with van der Waals surface area (Å²) in [5, 5.41) is 6.25.